The van der Waals surface area contributed by atoms with Crippen LogP contribution in [0.3, 0.4) is 0 Å². The van der Waals surface area contributed by atoms with E-state index < -0.39 is 23.4 Å². The summed E-state index contributed by atoms with van der Waals surface area (Å²) in [5.74, 6) is -0.439. The number of carbonyl (C=O) groups excluding carboxylic acids is 2. The zero-order chi connectivity index (χ0) is 15.2. The average molecular weight is 283 g/mol. The van der Waals surface area contributed by atoms with Gasteiger partial charge in [0, 0.05) is 18.9 Å². The van der Waals surface area contributed by atoms with Crippen LogP contribution in [0.5, 0.6) is 0 Å². The molecule has 0 spiro atoms. The molecule has 5 nitrogen and oxygen atoms in total. The molecule has 1 fully saturated rings. The van der Waals surface area contributed by atoms with Crippen LogP contribution in [-0.2, 0) is 14.3 Å². The number of rotatable bonds is 3. The Labute approximate surface area is 120 Å². The molecule has 0 aromatic rings. The monoisotopic (exact) mass is 283 g/mol. The summed E-state index contributed by atoms with van der Waals surface area (Å²) in [6.07, 6.45) is 6.58. The normalized spacial score (nSPS) is 18.6. The van der Waals surface area contributed by atoms with Crippen molar-refractivity contribution in [2.75, 3.05) is 0 Å². The van der Waals surface area contributed by atoms with E-state index in [2.05, 4.69) is 5.32 Å². The number of amides is 1. The van der Waals surface area contributed by atoms with E-state index in [0.717, 1.165) is 19.3 Å². The van der Waals surface area contributed by atoms with Crippen molar-refractivity contribution in [2.45, 2.75) is 71.1 Å². The van der Waals surface area contributed by atoms with Crippen LogP contribution in [0.2, 0.25) is 0 Å². The highest BCUT2D eigenvalue weighted by Crippen LogP contribution is 2.30. The molecule has 1 aliphatic rings. The minimum absolute atomic E-state index is 0.439. The molecule has 1 aliphatic carbocycles. The highest BCUT2D eigenvalue weighted by atomic mass is 16.6. The highest BCUT2D eigenvalue weighted by molar-refractivity contribution is 5.82. The van der Waals surface area contributed by atoms with Crippen LogP contribution in [-0.4, -0.2) is 23.4 Å². The van der Waals surface area contributed by atoms with Gasteiger partial charge < -0.3 is 9.47 Å². The first-order chi connectivity index (χ1) is 9.26. The van der Waals surface area contributed by atoms with Gasteiger partial charge in [-0.25, -0.2) is 9.59 Å². The molecule has 0 aliphatic heterocycles. The van der Waals surface area contributed by atoms with Crippen molar-refractivity contribution < 1.29 is 19.1 Å². The summed E-state index contributed by atoms with van der Waals surface area (Å²) in [6, 6.07) is 0. The van der Waals surface area contributed by atoms with Crippen molar-refractivity contribution in [2.24, 2.45) is 0 Å². The molecule has 1 amide bonds. The number of nitrogens with one attached hydrogen (secondary N) is 1. The van der Waals surface area contributed by atoms with Gasteiger partial charge >= 0.3 is 12.1 Å². The predicted octanol–water partition coefficient (Wildman–Crippen LogP) is 3.29. The van der Waals surface area contributed by atoms with E-state index >= 15 is 0 Å². The minimum atomic E-state index is -0.933. The molecule has 5 heteroatoms. The van der Waals surface area contributed by atoms with E-state index in [9.17, 15) is 9.59 Å². The lowest BCUT2D eigenvalue weighted by atomic mass is 9.91. The molecule has 0 heterocycles. The number of alkyl carbamates (subject to hydrolysis) is 1. The van der Waals surface area contributed by atoms with Gasteiger partial charge in [-0.2, -0.15) is 0 Å². The summed E-state index contributed by atoms with van der Waals surface area (Å²) in [5, 5.41) is 2.74. The minimum Gasteiger partial charge on any atom is -0.444 e. The first kappa shape index (κ1) is 16.5. The smallest absolute Gasteiger partial charge is 0.410 e. The van der Waals surface area contributed by atoms with Crippen LogP contribution < -0.4 is 5.32 Å². The van der Waals surface area contributed by atoms with Crippen LogP contribution in [0.4, 0.5) is 4.79 Å². The summed E-state index contributed by atoms with van der Waals surface area (Å²) in [5.41, 5.74) is -1.51. The van der Waals surface area contributed by atoms with E-state index in [1.165, 1.54) is 6.08 Å². The Bertz CT molecular complexity index is 376. The zero-order valence-electron chi connectivity index (χ0n) is 12.8. The molecule has 1 rings (SSSR count). The van der Waals surface area contributed by atoms with E-state index in [-0.39, 0.29) is 0 Å². The van der Waals surface area contributed by atoms with Crippen molar-refractivity contribution in [1.82, 2.24) is 5.32 Å². The van der Waals surface area contributed by atoms with Gasteiger partial charge in [0.1, 0.15) is 5.60 Å². The third-order valence-electron chi connectivity index (χ3n) is 2.99. The maximum atomic E-state index is 11.9. The van der Waals surface area contributed by atoms with Gasteiger partial charge in [-0.3, -0.25) is 5.32 Å². The molecular formula is C15H25NO4. The summed E-state index contributed by atoms with van der Waals surface area (Å²) < 4.78 is 10.7. The molecule has 0 unspecified atom stereocenters. The molecule has 0 radical (unpaired) electrons. The second kappa shape index (κ2) is 6.77. The molecule has 1 saturated carbocycles. The molecular weight excluding hydrogens is 258 g/mol. The topological polar surface area (TPSA) is 64.6 Å². The van der Waals surface area contributed by atoms with Crippen LogP contribution >= 0.6 is 0 Å². The van der Waals surface area contributed by atoms with Gasteiger partial charge in [-0.1, -0.05) is 12.5 Å². The van der Waals surface area contributed by atoms with Crippen LogP contribution in [0.25, 0.3) is 0 Å². The summed E-state index contributed by atoms with van der Waals surface area (Å²) in [6.45, 7) is 7.14. The summed E-state index contributed by atoms with van der Waals surface area (Å²) in [4.78, 5) is 23.6. The van der Waals surface area contributed by atoms with Crippen molar-refractivity contribution >= 4 is 12.1 Å². The van der Waals surface area contributed by atoms with Crippen LogP contribution in [0, 0.1) is 0 Å². The predicted molar refractivity (Wildman–Crippen MR) is 76.1 cm³/mol. The Kier molecular flexibility index (Phi) is 5.60. The Morgan fingerprint density at radius 1 is 1.15 bits per heavy atom. The second-order valence-corrected chi connectivity index (χ2v) is 6.10. The SMILES string of the molecule is CC=CC(=O)OC1(NC(=O)OC(C)(C)C)CCCCC1. The van der Waals surface area contributed by atoms with Gasteiger partial charge in [0.25, 0.3) is 0 Å². The number of hydrogen-bond acceptors (Lipinski definition) is 4. The zero-order valence-corrected chi connectivity index (χ0v) is 12.8. The van der Waals surface area contributed by atoms with Crippen molar-refractivity contribution in [3.05, 3.63) is 12.2 Å². The van der Waals surface area contributed by atoms with Gasteiger partial charge in [0.15, 0.2) is 5.72 Å². The van der Waals surface area contributed by atoms with Crippen molar-refractivity contribution in [3.8, 4) is 0 Å². The van der Waals surface area contributed by atoms with Gasteiger partial charge in [0.05, 0.1) is 0 Å². The van der Waals surface area contributed by atoms with Gasteiger partial charge in [-0.15, -0.1) is 0 Å². The fourth-order valence-corrected chi connectivity index (χ4v) is 2.23. The fraction of sp³-hybridized carbons (Fsp3) is 0.733. The van der Waals surface area contributed by atoms with Gasteiger partial charge in [-0.05, 0) is 40.5 Å². The molecule has 20 heavy (non-hydrogen) atoms. The van der Waals surface area contributed by atoms with Crippen LogP contribution in [0.15, 0.2) is 12.2 Å². The second-order valence-electron chi connectivity index (χ2n) is 6.10. The lowest BCUT2D eigenvalue weighted by Gasteiger charge is -2.37. The van der Waals surface area contributed by atoms with E-state index in [4.69, 9.17) is 9.47 Å². The number of carbonyl (C=O) groups is 2. The molecule has 0 aromatic heterocycles. The Morgan fingerprint density at radius 3 is 2.25 bits per heavy atom. The third-order valence-corrected chi connectivity index (χ3v) is 2.99. The number of esters is 1. The largest absolute Gasteiger partial charge is 0.444 e. The van der Waals surface area contributed by atoms with Crippen molar-refractivity contribution in [3.63, 3.8) is 0 Å². The molecule has 0 bridgehead atoms. The number of ether oxygens (including phenoxy) is 2. The van der Waals surface area contributed by atoms with E-state index in [1.54, 1.807) is 33.8 Å². The lowest BCUT2D eigenvalue weighted by molar-refractivity contribution is -0.160. The Morgan fingerprint density at radius 2 is 1.75 bits per heavy atom. The maximum Gasteiger partial charge on any atom is 0.410 e. The molecule has 0 saturated heterocycles. The first-order valence-electron chi connectivity index (χ1n) is 7.13. The highest BCUT2D eigenvalue weighted by Gasteiger charge is 2.38. The third kappa shape index (κ3) is 5.63. The Hall–Kier alpha value is -1.52. The van der Waals surface area contributed by atoms with Crippen LogP contribution in [0.1, 0.15) is 59.8 Å². The number of allylic oxidation sites excluding steroid dienone is 1. The van der Waals surface area contributed by atoms with Gasteiger partial charge in [0.2, 0.25) is 0 Å². The standard InChI is InChI=1S/C15H25NO4/c1-5-9-12(17)19-15(10-7-6-8-11-15)16-13(18)20-14(2,3)4/h5,9H,6-8,10-11H2,1-4H3,(H,16,18). The Balaban J connectivity index is 2.73. The summed E-state index contributed by atoms with van der Waals surface area (Å²) in [7, 11) is 0. The summed E-state index contributed by atoms with van der Waals surface area (Å²) >= 11 is 0. The number of hydrogen-bond donors (Lipinski definition) is 1. The fourth-order valence-electron chi connectivity index (χ4n) is 2.23. The maximum absolute atomic E-state index is 11.9. The van der Waals surface area contributed by atoms with E-state index in [0.29, 0.717) is 12.8 Å². The van der Waals surface area contributed by atoms with E-state index in [1.807, 2.05) is 0 Å². The molecule has 0 aromatic carbocycles. The lowest BCUT2D eigenvalue weighted by Crippen LogP contribution is -2.53. The molecule has 114 valence electrons. The van der Waals surface area contributed by atoms with Crippen molar-refractivity contribution in [1.29, 1.82) is 0 Å². The first-order valence-corrected chi connectivity index (χ1v) is 7.13. The molecule has 1 N–H and O–H groups in total. The average Bonchev–Trinajstić information content (AvgIpc) is 2.26. The molecule has 0 atom stereocenters. The quantitative estimate of drug-likeness (QED) is 0.490.